The van der Waals surface area contributed by atoms with Crippen LogP contribution in [0.1, 0.15) is 39.2 Å². The first kappa shape index (κ1) is 15.7. The van der Waals surface area contributed by atoms with Crippen molar-refractivity contribution in [1.29, 1.82) is 0 Å². The normalized spacial score (nSPS) is 12.5. The van der Waals surface area contributed by atoms with Crippen LogP contribution in [0.2, 0.25) is 0 Å². The molecule has 1 aromatic rings. The van der Waals surface area contributed by atoms with E-state index in [-0.39, 0.29) is 6.10 Å². The third kappa shape index (κ3) is 4.35. The molecule has 0 saturated carbocycles. The predicted molar refractivity (Wildman–Crippen MR) is 76.5 cm³/mol. The largest absolute Gasteiger partial charge is 0.478 e. The van der Waals surface area contributed by atoms with E-state index in [0.29, 0.717) is 24.9 Å². The van der Waals surface area contributed by atoms with Crippen molar-refractivity contribution >= 4 is 5.82 Å². The Balaban J connectivity index is 2.65. The zero-order chi connectivity index (χ0) is 14.3. The van der Waals surface area contributed by atoms with Gasteiger partial charge in [-0.3, -0.25) is 0 Å². The molecule has 2 N–H and O–H groups in total. The van der Waals surface area contributed by atoms with Crippen LogP contribution in [0.15, 0.2) is 6.33 Å². The Morgan fingerprint density at radius 1 is 1.26 bits per heavy atom. The number of aromatic nitrogens is 2. The van der Waals surface area contributed by atoms with Crippen LogP contribution in [0, 0.1) is 12.8 Å². The molecule has 0 bridgehead atoms. The van der Waals surface area contributed by atoms with E-state index < -0.39 is 0 Å². The number of nitrogens with zero attached hydrogens (tertiary/aromatic N) is 2. The first-order valence-electron chi connectivity index (χ1n) is 7.00. The van der Waals surface area contributed by atoms with E-state index in [4.69, 9.17) is 4.74 Å². The van der Waals surface area contributed by atoms with Crippen molar-refractivity contribution in [2.45, 2.75) is 46.6 Å². The van der Waals surface area contributed by atoms with Gasteiger partial charge in [-0.25, -0.2) is 9.97 Å². The van der Waals surface area contributed by atoms with Crippen LogP contribution in [-0.2, 0) is 0 Å². The first-order chi connectivity index (χ1) is 9.13. The van der Waals surface area contributed by atoms with Crippen molar-refractivity contribution in [2.24, 2.45) is 5.92 Å². The Morgan fingerprint density at radius 2 is 1.95 bits per heavy atom. The molecule has 0 amide bonds. The average Bonchev–Trinajstić information content (AvgIpc) is 2.41. The second-order valence-corrected chi connectivity index (χ2v) is 4.61. The van der Waals surface area contributed by atoms with Gasteiger partial charge in [-0.1, -0.05) is 26.7 Å². The van der Waals surface area contributed by atoms with Gasteiger partial charge in [-0.15, -0.1) is 0 Å². The van der Waals surface area contributed by atoms with Gasteiger partial charge in [0.15, 0.2) is 0 Å². The van der Waals surface area contributed by atoms with Gasteiger partial charge in [-0.2, -0.15) is 0 Å². The molecule has 108 valence electrons. The molecule has 0 fully saturated rings. The molecule has 5 heteroatoms. The summed E-state index contributed by atoms with van der Waals surface area (Å²) in [4.78, 5) is 8.28. The standard InChI is InChI=1S/C14H25N3O2/c1-5-11(6-2)12(18)8-15-13-10(4)14(19-7-3)17-9-16-13/h9,11-12,18H,5-8H2,1-4H3,(H,15,16,17). The van der Waals surface area contributed by atoms with E-state index in [1.165, 1.54) is 6.33 Å². The molecule has 1 unspecified atom stereocenters. The van der Waals surface area contributed by atoms with Gasteiger partial charge >= 0.3 is 0 Å². The van der Waals surface area contributed by atoms with Crippen molar-refractivity contribution in [3.05, 3.63) is 11.9 Å². The van der Waals surface area contributed by atoms with E-state index in [9.17, 15) is 5.11 Å². The summed E-state index contributed by atoms with van der Waals surface area (Å²) in [6.45, 7) is 9.10. The zero-order valence-corrected chi connectivity index (χ0v) is 12.3. The van der Waals surface area contributed by atoms with E-state index in [0.717, 1.165) is 24.2 Å². The predicted octanol–water partition coefficient (Wildman–Crippen LogP) is 2.39. The lowest BCUT2D eigenvalue weighted by atomic mass is 9.96. The van der Waals surface area contributed by atoms with Gasteiger partial charge in [0.05, 0.1) is 18.3 Å². The minimum atomic E-state index is -0.361. The van der Waals surface area contributed by atoms with E-state index in [1.807, 2.05) is 13.8 Å². The average molecular weight is 267 g/mol. The SMILES string of the molecule is CCOc1ncnc(NCC(O)C(CC)CC)c1C. The smallest absolute Gasteiger partial charge is 0.221 e. The molecule has 0 aliphatic heterocycles. The van der Waals surface area contributed by atoms with Crippen molar-refractivity contribution in [3.63, 3.8) is 0 Å². The van der Waals surface area contributed by atoms with E-state index in [2.05, 4.69) is 29.1 Å². The number of nitrogens with one attached hydrogen (secondary N) is 1. The van der Waals surface area contributed by atoms with Gasteiger partial charge in [0, 0.05) is 6.54 Å². The number of ether oxygens (including phenoxy) is 1. The number of hydrogen-bond donors (Lipinski definition) is 2. The highest BCUT2D eigenvalue weighted by molar-refractivity contribution is 5.47. The minimum absolute atomic E-state index is 0.320. The summed E-state index contributed by atoms with van der Waals surface area (Å²) in [5.41, 5.74) is 0.876. The fourth-order valence-electron chi connectivity index (χ4n) is 2.10. The molecule has 0 aliphatic carbocycles. The highest BCUT2D eigenvalue weighted by Crippen LogP contribution is 2.21. The Bertz CT molecular complexity index is 381. The minimum Gasteiger partial charge on any atom is -0.478 e. The lowest BCUT2D eigenvalue weighted by Gasteiger charge is -2.21. The number of anilines is 1. The van der Waals surface area contributed by atoms with Gasteiger partial charge in [0.2, 0.25) is 5.88 Å². The maximum absolute atomic E-state index is 10.1. The van der Waals surface area contributed by atoms with Crippen LogP contribution >= 0.6 is 0 Å². The molecule has 0 aromatic carbocycles. The third-order valence-corrected chi connectivity index (χ3v) is 3.39. The quantitative estimate of drug-likeness (QED) is 0.757. The fraction of sp³-hybridized carbons (Fsp3) is 0.714. The molecule has 1 rings (SSSR count). The number of rotatable bonds is 8. The molecule has 1 heterocycles. The Hall–Kier alpha value is -1.36. The van der Waals surface area contributed by atoms with Crippen LogP contribution < -0.4 is 10.1 Å². The maximum atomic E-state index is 10.1. The highest BCUT2D eigenvalue weighted by atomic mass is 16.5. The van der Waals surface area contributed by atoms with Crippen molar-refractivity contribution < 1.29 is 9.84 Å². The van der Waals surface area contributed by atoms with Crippen LogP contribution in [0.3, 0.4) is 0 Å². The second kappa shape index (κ2) is 7.94. The molecule has 1 atom stereocenters. The number of hydrogen-bond acceptors (Lipinski definition) is 5. The second-order valence-electron chi connectivity index (χ2n) is 4.61. The van der Waals surface area contributed by atoms with Gasteiger partial charge < -0.3 is 15.2 Å². The van der Waals surface area contributed by atoms with E-state index in [1.54, 1.807) is 0 Å². The maximum Gasteiger partial charge on any atom is 0.221 e. The van der Waals surface area contributed by atoms with Crippen LogP contribution in [0.25, 0.3) is 0 Å². The topological polar surface area (TPSA) is 67.3 Å². The van der Waals surface area contributed by atoms with Crippen molar-refractivity contribution in [2.75, 3.05) is 18.5 Å². The van der Waals surface area contributed by atoms with Gasteiger partial charge in [0.1, 0.15) is 12.1 Å². The summed E-state index contributed by atoms with van der Waals surface area (Å²) in [5.74, 6) is 1.64. The highest BCUT2D eigenvalue weighted by Gasteiger charge is 2.16. The first-order valence-corrected chi connectivity index (χ1v) is 7.00. The Labute approximate surface area is 115 Å². The molecule has 0 saturated heterocycles. The summed E-state index contributed by atoms with van der Waals surface area (Å²) in [5, 5.41) is 13.3. The molecule has 1 aromatic heterocycles. The molecule has 0 radical (unpaired) electrons. The van der Waals surface area contributed by atoms with Crippen LogP contribution in [0.4, 0.5) is 5.82 Å². The third-order valence-electron chi connectivity index (χ3n) is 3.39. The van der Waals surface area contributed by atoms with Crippen LogP contribution in [0.5, 0.6) is 5.88 Å². The van der Waals surface area contributed by atoms with Crippen molar-refractivity contribution in [1.82, 2.24) is 9.97 Å². The summed E-state index contributed by atoms with van der Waals surface area (Å²) in [7, 11) is 0. The number of aliphatic hydroxyl groups excluding tert-OH is 1. The van der Waals surface area contributed by atoms with Gasteiger partial charge in [-0.05, 0) is 19.8 Å². The lowest BCUT2D eigenvalue weighted by Crippen LogP contribution is -2.28. The van der Waals surface area contributed by atoms with Gasteiger partial charge in [0.25, 0.3) is 0 Å². The number of aliphatic hydroxyl groups is 1. The Kier molecular flexibility index (Phi) is 6.56. The Morgan fingerprint density at radius 3 is 2.53 bits per heavy atom. The zero-order valence-electron chi connectivity index (χ0n) is 12.3. The fourth-order valence-corrected chi connectivity index (χ4v) is 2.10. The van der Waals surface area contributed by atoms with E-state index >= 15 is 0 Å². The van der Waals surface area contributed by atoms with Crippen molar-refractivity contribution in [3.8, 4) is 5.88 Å². The summed E-state index contributed by atoms with van der Waals surface area (Å²) >= 11 is 0. The summed E-state index contributed by atoms with van der Waals surface area (Å²) in [6, 6.07) is 0. The molecule has 0 spiro atoms. The molecule has 5 nitrogen and oxygen atoms in total. The molecular formula is C14H25N3O2. The molecular weight excluding hydrogens is 242 g/mol. The summed E-state index contributed by atoms with van der Waals surface area (Å²) in [6.07, 6.45) is 3.07. The lowest BCUT2D eigenvalue weighted by molar-refractivity contribution is 0.114. The summed E-state index contributed by atoms with van der Waals surface area (Å²) < 4.78 is 5.42. The molecule has 19 heavy (non-hydrogen) atoms. The monoisotopic (exact) mass is 267 g/mol. The molecule has 0 aliphatic rings. The van der Waals surface area contributed by atoms with Crippen LogP contribution in [-0.4, -0.2) is 34.3 Å².